The molecule has 4 nitrogen and oxygen atoms in total. The van der Waals surface area contributed by atoms with Gasteiger partial charge in [-0.25, -0.2) is 0 Å². The van der Waals surface area contributed by atoms with Crippen LogP contribution in [0.15, 0.2) is 36.9 Å². The highest BCUT2D eigenvalue weighted by atomic mass is 16.5. The zero-order valence-electron chi connectivity index (χ0n) is 12.5. The first-order valence-electron chi connectivity index (χ1n) is 6.79. The maximum atomic E-state index is 12.1. The Morgan fingerprint density at radius 2 is 2.00 bits per heavy atom. The van der Waals surface area contributed by atoms with Gasteiger partial charge in [-0.05, 0) is 23.6 Å². The average Bonchev–Trinajstić information content (AvgIpc) is 2.44. The maximum absolute atomic E-state index is 12.1. The molecule has 0 bridgehead atoms. The molecular formula is C16H24N2O2. The third-order valence-corrected chi connectivity index (χ3v) is 3.09. The minimum absolute atomic E-state index is 0.0352. The molecule has 0 saturated carbocycles. The summed E-state index contributed by atoms with van der Waals surface area (Å²) in [5, 5.41) is 0. The number of benzene rings is 1. The summed E-state index contributed by atoms with van der Waals surface area (Å²) >= 11 is 0. The minimum Gasteiger partial charge on any atom is -0.490 e. The topological polar surface area (TPSA) is 55.6 Å². The van der Waals surface area contributed by atoms with Crippen molar-refractivity contribution in [2.75, 3.05) is 13.7 Å². The molecule has 0 aliphatic rings. The van der Waals surface area contributed by atoms with Crippen molar-refractivity contribution in [2.24, 2.45) is 11.7 Å². The van der Waals surface area contributed by atoms with Gasteiger partial charge in [-0.15, -0.1) is 0 Å². The van der Waals surface area contributed by atoms with Crippen LogP contribution in [0.3, 0.4) is 0 Å². The minimum atomic E-state index is -0.449. The molecule has 0 aliphatic carbocycles. The summed E-state index contributed by atoms with van der Waals surface area (Å²) in [4.78, 5) is 13.7. The Bertz CT molecular complexity index is 440. The van der Waals surface area contributed by atoms with Gasteiger partial charge in [0, 0.05) is 13.6 Å². The molecule has 0 fully saturated rings. The van der Waals surface area contributed by atoms with Crippen molar-refractivity contribution in [1.29, 1.82) is 0 Å². The molecule has 0 spiro atoms. The molecule has 4 heteroatoms. The summed E-state index contributed by atoms with van der Waals surface area (Å²) in [5.41, 5.74) is 6.92. The maximum Gasteiger partial charge on any atom is 0.239 e. The monoisotopic (exact) mass is 276 g/mol. The largest absolute Gasteiger partial charge is 0.490 e. The van der Waals surface area contributed by atoms with Crippen LogP contribution in [0.25, 0.3) is 0 Å². The van der Waals surface area contributed by atoms with E-state index >= 15 is 0 Å². The Morgan fingerprint density at radius 1 is 1.40 bits per heavy atom. The first-order chi connectivity index (χ1) is 9.45. The quantitative estimate of drug-likeness (QED) is 0.777. The predicted molar refractivity (Wildman–Crippen MR) is 81.4 cm³/mol. The lowest BCUT2D eigenvalue weighted by Gasteiger charge is -2.23. The second-order valence-corrected chi connectivity index (χ2v) is 5.21. The van der Waals surface area contributed by atoms with Crippen LogP contribution < -0.4 is 10.5 Å². The fourth-order valence-electron chi connectivity index (χ4n) is 1.74. The summed E-state index contributed by atoms with van der Waals surface area (Å²) < 4.78 is 5.41. The predicted octanol–water partition coefficient (Wildman–Crippen LogP) is 2.19. The van der Waals surface area contributed by atoms with E-state index < -0.39 is 6.04 Å². The number of hydrogen-bond acceptors (Lipinski definition) is 3. The van der Waals surface area contributed by atoms with Crippen molar-refractivity contribution < 1.29 is 9.53 Å². The SMILES string of the molecule is C=CCOc1ccc(CN(C)C(=O)[C@@H](N)C(C)C)cc1. The summed E-state index contributed by atoms with van der Waals surface area (Å²) in [6, 6.07) is 7.22. The normalized spacial score (nSPS) is 12.1. The van der Waals surface area contributed by atoms with Gasteiger partial charge in [0.1, 0.15) is 12.4 Å². The van der Waals surface area contributed by atoms with Crippen LogP contribution in [0.1, 0.15) is 19.4 Å². The molecule has 1 aromatic rings. The van der Waals surface area contributed by atoms with Crippen molar-refractivity contribution in [2.45, 2.75) is 26.4 Å². The highest BCUT2D eigenvalue weighted by molar-refractivity contribution is 5.81. The number of nitrogens with two attached hydrogens (primary N) is 1. The fraction of sp³-hybridized carbons (Fsp3) is 0.438. The van der Waals surface area contributed by atoms with Crippen LogP contribution in [0, 0.1) is 5.92 Å². The summed E-state index contributed by atoms with van der Waals surface area (Å²) in [6.07, 6.45) is 1.70. The first-order valence-corrected chi connectivity index (χ1v) is 6.79. The number of hydrogen-bond donors (Lipinski definition) is 1. The van der Waals surface area contributed by atoms with E-state index in [1.165, 1.54) is 0 Å². The van der Waals surface area contributed by atoms with Crippen molar-refractivity contribution >= 4 is 5.91 Å². The number of amides is 1. The second-order valence-electron chi connectivity index (χ2n) is 5.21. The van der Waals surface area contributed by atoms with Gasteiger partial charge in [-0.1, -0.05) is 38.6 Å². The fourth-order valence-corrected chi connectivity index (χ4v) is 1.74. The van der Waals surface area contributed by atoms with Crippen LogP contribution in [0.2, 0.25) is 0 Å². The molecule has 20 heavy (non-hydrogen) atoms. The number of carbonyl (C=O) groups excluding carboxylic acids is 1. The Kier molecular flexibility index (Phi) is 6.25. The van der Waals surface area contributed by atoms with Crippen molar-refractivity contribution in [3.05, 3.63) is 42.5 Å². The van der Waals surface area contributed by atoms with E-state index in [1.54, 1.807) is 18.0 Å². The second kappa shape index (κ2) is 7.70. The van der Waals surface area contributed by atoms with Gasteiger partial charge in [0.15, 0.2) is 0 Å². The van der Waals surface area contributed by atoms with Crippen molar-refractivity contribution in [1.82, 2.24) is 4.90 Å². The lowest BCUT2D eigenvalue weighted by Crippen LogP contribution is -2.44. The van der Waals surface area contributed by atoms with E-state index in [2.05, 4.69) is 6.58 Å². The molecule has 0 heterocycles. The van der Waals surface area contributed by atoms with Crippen LogP contribution in [0.4, 0.5) is 0 Å². The summed E-state index contributed by atoms with van der Waals surface area (Å²) in [6.45, 7) is 8.52. The Morgan fingerprint density at radius 3 is 2.50 bits per heavy atom. The molecule has 1 rings (SSSR count). The molecule has 0 aliphatic heterocycles. The third-order valence-electron chi connectivity index (χ3n) is 3.09. The number of likely N-dealkylation sites (N-methyl/N-ethyl adjacent to an activating group) is 1. The van der Waals surface area contributed by atoms with Crippen LogP contribution in [-0.2, 0) is 11.3 Å². The number of nitrogens with zero attached hydrogens (tertiary/aromatic N) is 1. The molecule has 0 unspecified atom stereocenters. The Balaban J connectivity index is 2.59. The molecule has 1 aromatic carbocycles. The van der Waals surface area contributed by atoms with E-state index in [-0.39, 0.29) is 11.8 Å². The Hall–Kier alpha value is -1.81. The molecule has 2 N–H and O–H groups in total. The summed E-state index contributed by atoms with van der Waals surface area (Å²) in [5.74, 6) is 0.896. The highest BCUT2D eigenvalue weighted by Crippen LogP contribution is 2.14. The molecular weight excluding hydrogens is 252 g/mol. The molecule has 0 radical (unpaired) electrons. The van der Waals surface area contributed by atoms with Gasteiger partial charge >= 0.3 is 0 Å². The van der Waals surface area contributed by atoms with E-state index in [0.717, 1.165) is 11.3 Å². The van der Waals surface area contributed by atoms with E-state index in [1.807, 2.05) is 38.1 Å². The molecule has 1 amide bonds. The molecule has 0 saturated heterocycles. The van der Waals surface area contributed by atoms with Crippen LogP contribution >= 0.6 is 0 Å². The molecule has 0 aromatic heterocycles. The van der Waals surface area contributed by atoms with Crippen LogP contribution in [-0.4, -0.2) is 30.5 Å². The van der Waals surface area contributed by atoms with E-state index in [4.69, 9.17) is 10.5 Å². The average molecular weight is 276 g/mol. The van der Waals surface area contributed by atoms with Gasteiger partial charge in [0.05, 0.1) is 6.04 Å². The summed E-state index contributed by atoms with van der Waals surface area (Å²) in [7, 11) is 1.77. The lowest BCUT2D eigenvalue weighted by molar-refractivity contribution is -0.132. The van der Waals surface area contributed by atoms with E-state index in [9.17, 15) is 4.79 Å². The standard InChI is InChI=1S/C16H24N2O2/c1-5-10-20-14-8-6-13(7-9-14)11-18(4)16(19)15(17)12(2)3/h5-9,12,15H,1,10-11,17H2,2-4H3/t15-/m0/s1. The zero-order valence-corrected chi connectivity index (χ0v) is 12.5. The van der Waals surface area contributed by atoms with Gasteiger partial charge in [-0.2, -0.15) is 0 Å². The highest BCUT2D eigenvalue weighted by Gasteiger charge is 2.20. The number of rotatable bonds is 7. The van der Waals surface area contributed by atoms with Gasteiger partial charge in [0.25, 0.3) is 0 Å². The van der Waals surface area contributed by atoms with Gasteiger partial charge in [0.2, 0.25) is 5.91 Å². The Labute approximate surface area is 121 Å². The van der Waals surface area contributed by atoms with Crippen molar-refractivity contribution in [3.63, 3.8) is 0 Å². The number of ether oxygens (including phenoxy) is 1. The number of carbonyl (C=O) groups is 1. The van der Waals surface area contributed by atoms with Crippen LogP contribution in [0.5, 0.6) is 5.75 Å². The zero-order chi connectivity index (χ0) is 15.1. The lowest BCUT2D eigenvalue weighted by atomic mass is 10.0. The smallest absolute Gasteiger partial charge is 0.239 e. The van der Waals surface area contributed by atoms with Crippen molar-refractivity contribution in [3.8, 4) is 5.75 Å². The molecule has 1 atom stereocenters. The third kappa shape index (κ3) is 4.70. The van der Waals surface area contributed by atoms with Gasteiger partial charge < -0.3 is 15.4 Å². The first kappa shape index (κ1) is 16.2. The van der Waals surface area contributed by atoms with E-state index in [0.29, 0.717) is 13.2 Å². The van der Waals surface area contributed by atoms with Gasteiger partial charge in [-0.3, -0.25) is 4.79 Å². The molecule has 110 valence electrons.